The Bertz CT molecular complexity index is 441. The van der Waals surface area contributed by atoms with Crippen molar-refractivity contribution in [3.63, 3.8) is 0 Å². The Morgan fingerprint density at radius 3 is 2.78 bits per heavy atom. The van der Waals surface area contributed by atoms with Crippen molar-refractivity contribution in [3.8, 4) is 6.07 Å². The lowest BCUT2D eigenvalue weighted by Gasteiger charge is -2.20. The molecule has 0 bridgehead atoms. The van der Waals surface area contributed by atoms with Crippen LogP contribution in [0.15, 0.2) is 18.3 Å². The van der Waals surface area contributed by atoms with Crippen LogP contribution in [0.3, 0.4) is 0 Å². The third-order valence-electron chi connectivity index (χ3n) is 3.36. The summed E-state index contributed by atoms with van der Waals surface area (Å²) in [5, 5.41) is 11.4. The van der Waals surface area contributed by atoms with E-state index >= 15 is 0 Å². The van der Waals surface area contributed by atoms with Crippen LogP contribution >= 0.6 is 0 Å². The van der Waals surface area contributed by atoms with Gasteiger partial charge in [-0.05, 0) is 30.9 Å². The van der Waals surface area contributed by atoms with Gasteiger partial charge in [-0.1, -0.05) is 19.3 Å². The SMILES string of the molecule is N#Cc1ccc(NC(=O)CC2CCCCC2)nc1. The zero-order chi connectivity index (χ0) is 12.8. The Balaban J connectivity index is 1.84. The molecule has 1 aromatic rings. The Labute approximate surface area is 107 Å². The fraction of sp³-hybridized carbons (Fsp3) is 0.500. The molecule has 1 amide bonds. The Morgan fingerprint density at radius 2 is 2.17 bits per heavy atom. The number of nitriles is 1. The number of carbonyl (C=O) groups excluding carboxylic acids is 1. The van der Waals surface area contributed by atoms with Gasteiger partial charge in [0.2, 0.25) is 5.91 Å². The third-order valence-corrected chi connectivity index (χ3v) is 3.36. The summed E-state index contributed by atoms with van der Waals surface area (Å²) in [5.74, 6) is 1.08. The number of anilines is 1. The van der Waals surface area contributed by atoms with E-state index in [1.165, 1.54) is 25.5 Å². The van der Waals surface area contributed by atoms with E-state index in [9.17, 15) is 4.79 Å². The standard InChI is InChI=1S/C14H17N3O/c15-9-12-6-7-13(16-10-12)17-14(18)8-11-4-2-1-3-5-11/h6-7,10-11H,1-5,8H2,(H,16,17,18). The molecule has 0 saturated heterocycles. The molecule has 2 rings (SSSR count). The highest BCUT2D eigenvalue weighted by Crippen LogP contribution is 2.26. The molecule has 0 atom stereocenters. The van der Waals surface area contributed by atoms with Crippen molar-refractivity contribution >= 4 is 11.7 Å². The average molecular weight is 243 g/mol. The zero-order valence-electron chi connectivity index (χ0n) is 10.4. The van der Waals surface area contributed by atoms with Gasteiger partial charge in [-0.25, -0.2) is 4.98 Å². The average Bonchev–Trinajstić information content (AvgIpc) is 2.40. The maximum atomic E-state index is 11.8. The highest BCUT2D eigenvalue weighted by atomic mass is 16.1. The van der Waals surface area contributed by atoms with Crippen LogP contribution < -0.4 is 5.32 Å². The van der Waals surface area contributed by atoms with Gasteiger partial charge in [0.25, 0.3) is 0 Å². The highest BCUT2D eigenvalue weighted by Gasteiger charge is 2.17. The lowest BCUT2D eigenvalue weighted by Crippen LogP contribution is -2.18. The number of carbonyl (C=O) groups is 1. The summed E-state index contributed by atoms with van der Waals surface area (Å²) in [5.41, 5.74) is 0.500. The first kappa shape index (κ1) is 12.6. The maximum Gasteiger partial charge on any atom is 0.225 e. The van der Waals surface area contributed by atoms with Crippen LogP contribution in [0.5, 0.6) is 0 Å². The summed E-state index contributed by atoms with van der Waals surface area (Å²) >= 11 is 0. The van der Waals surface area contributed by atoms with E-state index in [1.54, 1.807) is 12.1 Å². The molecule has 1 aliphatic carbocycles. The topological polar surface area (TPSA) is 65.8 Å². The van der Waals surface area contributed by atoms with Crippen LogP contribution in [0.25, 0.3) is 0 Å². The Hall–Kier alpha value is -1.89. The number of amides is 1. The molecule has 0 spiro atoms. The molecule has 4 heteroatoms. The van der Waals surface area contributed by atoms with E-state index in [0.29, 0.717) is 23.7 Å². The molecular weight excluding hydrogens is 226 g/mol. The first-order valence-corrected chi connectivity index (χ1v) is 6.44. The maximum absolute atomic E-state index is 11.8. The highest BCUT2D eigenvalue weighted by molar-refractivity contribution is 5.89. The number of pyridine rings is 1. The molecule has 94 valence electrons. The summed E-state index contributed by atoms with van der Waals surface area (Å²) in [6.45, 7) is 0. The van der Waals surface area contributed by atoms with E-state index in [1.807, 2.05) is 6.07 Å². The van der Waals surface area contributed by atoms with Crippen molar-refractivity contribution in [2.24, 2.45) is 5.92 Å². The molecule has 1 N–H and O–H groups in total. The molecule has 1 saturated carbocycles. The zero-order valence-corrected chi connectivity index (χ0v) is 10.4. The smallest absolute Gasteiger partial charge is 0.225 e. The second-order valence-electron chi connectivity index (χ2n) is 4.80. The number of hydrogen-bond acceptors (Lipinski definition) is 3. The summed E-state index contributed by atoms with van der Waals surface area (Å²) < 4.78 is 0. The minimum absolute atomic E-state index is 0.0270. The lowest BCUT2D eigenvalue weighted by molar-refractivity contribution is -0.117. The van der Waals surface area contributed by atoms with Crippen molar-refractivity contribution in [1.82, 2.24) is 4.98 Å². The van der Waals surface area contributed by atoms with Gasteiger partial charge in [0.15, 0.2) is 0 Å². The molecule has 1 heterocycles. The van der Waals surface area contributed by atoms with Gasteiger partial charge in [0, 0.05) is 12.6 Å². The minimum atomic E-state index is 0.0270. The number of hydrogen-bond donors (Lipinski definition) is 1. The fourth-order valence-electron chi connectivity index (χ4n) is 2.38. The van der Waals surface area contributed by atoms with Gasteiger partial charge in [0.1, 0.15) is 11.9 Å². The van der Waals surface area contributed by atoms with Gasteiger partial charge in [-0.15, -0.1) is 0 Å². The van der Waals surface area contributed by atoms with Crippen molar-refractivity contribution in [2.75, 3.05) is 5.32 Å². The second-order valence-corrected chi connectivity index (χ2v) is 4.80. The fourth-order valence-corrected chi connectivity index (χ4v) is 2.38. The van der Waals surface area contributed by atoms with E-state index in [4.69, 9.17) is 5.26 Å². The van der Waals surface area contributed by atoms with Crippen LogP contribution in [0, 0.1) is 17.2 Å². The summed E-state index contributed by atoms with van der Waals surface area (Å²) in [6.07, 6.45) is 8.16. The summed E-state index contributed by atoms with van der Waals surface area (Å²) in [7, 11) is 0. The van der Waals surface area contributed by atoms with Gasteiger partial charge < -0.3 is 5.32 Å². The van der Waals surface area contributed by atoms with Crippen LogP contribution in [-0.2, 0) is 4.79 Å². The molecule has 1 aromatic heterocycles. The van der Waals surface area contributed by atoms with Crippen molar-refractivity contribution < 1.29 is 4.79 Å². The van der Waals surface area contributed by atoms with E-state index in [2.05, 4.69) is 10.3 Å². The van der Waals surface area contributed by atoms with Crippen molar-refractivity contribution in [2.45, 2.75) is 38.5 Å². The van der Waals surface area contributed by atoms with Crippen LogP contribution in [0.4, 0.5) is 5.82 Å². The molecule has 1 fully saturated rings. The first-order valence-electron chi connectivity index (χ1n) is 6.44. The van der Waals surface area contributed by atoms with Crippen LogP contribution in [0.2, 0.25) is 0 Å². The monoisotopic (exact) mass is 243 g/mol. The van der Waals surface area contributed by atoms with Gasteiger partial charge in [0.05, 0.1) is 5.56 Å². The van der Waals surface area contributed by atoms with Crippen LogP contribution in [-0.4, -0.2) is 10.9 Å². The van der Waals surface area contributed by atoms with E-state index in [-0.39, 0.29) is 5.91 Å². The predicted molar refractivity (Wildman–Crippen MR) is 68.8 cm³/mol. The Kier molecular flexibility index (Phi) is 4.30. The third kappa shape index (κ3) is 3.56. The van der Waals surface area contributed by atoms with Gasteiger partial charge in [-0.3, -0.25) is 4.79 Å². The molecule has 0 radical (unpaired) electrons. The van der Waals surface area contributed by atoms with Gasteiger partial charge >= 0.3 is 0 Å². The molecule has 0 unspecified atom stereocenters. The summed E-state index contributed by atoms with van der Waals surface area (Å²) in [6, 6.07) is 5.32. The molecule has 1 aliphatic rings. The number of nitrogens with zero attached hydrogens (tertiary/aromatic N) is 2. The summed E-state index contributed by atoms with van der Waals surface area (Å²) in [4.78, 5) is 15.8. The number of rotatable bonds is 3. The van der Waals surface area contributed by atoms with Crippen molar-refractivity contribution in [3.05, 3.63) is 23.9 Å². The molecule has 0 aliphatic heterocycles. The molecule has 0 aromatic carbocycles. The number of nitrogens with one attached hydrogen (secondary N) is 1. The second kappa shape index (κ2) is 6.15. The molecule has 18 heavy (non-hydrogen) atoms. The quantitative estimate of drug-likeness (QED) is 0.887. The first-order chi connectivity index (χ1) is 8.78. The Morgan fingerprint density at radius 1 is 1.39 bits per heavy atom. The normalized spacial score (nSPS) is 15.9. The number of aromatic nitrogens is 1. The largest absolute Gasteiger partial charge is 0.311 e. The molecular formula is C14H17N3O. The van der Waals surface area contributed by atoms with E-state index in [0.717, 1.165) is 12.8 Å². The van der Waals surface area contributed by atoms with Gasteiger partial charge in [-0.2, -0.15) is 5.26 Å². The predicted octanol–water partition coefficient (Wildman–Crippen LogP) is 2.86. The van der Waals surface area contributed by atoms with E-state index < -0.39 is 0 Å². The van der Waals surface area contributed by atoms with Crippen LogP contribution in [0.1, 0.15) is 44.1 Å². The molecule has 4 nitrogen and oxygen atoms in total. The minimum Gasteiger partial charge on any atom is -0.311 e. The van der Waals surface area contributed by atoms with Crippen molar-refractivity contribution in [1.29, 1.82) is 5.26 Å². The lowest BCUT2D eigenvalue weighted by atomic mass is 9.87.